The lowest BCUT2D eigenvalue weighted by Crippen LogP contribution is -2.30. The zero-order chi connectivity index (χ0) is 10.7. The van der Waals surface area contributed by atoms with Crippen LogP contribution in [0.2, 0.25) is 0 Å². The van der Waals surface area contributed by atoms with E-state index in [0.717, 1.165) is 31.6 Å². The van der Waals surface area contributed by atoms with E-state index in [1.165, 1.54) is 11.3 Å². The molecule has 1 aromatic rings. The van der Waals surface area contributed by atoms with Crippen molar-refractivity contribution in [2.24, 2.45) is 0 Å². The summed E-state index contributed by atoms with van der Waals surface area (Å²) in [6.45, 7) is 1.88. The van der Waals surface area contributed by atoms with Crippen LogP contribution in [0, 0.1) is 11.3 Å². The number of nitrogen functional groups attached to an aromatic ring is 1. The van der Waals surface area contributed by atoms with Gasteiger partial charge in [0.15, 0.2) is 0 Å². The highest BCUT2D eigenvalue weighted by Crippen LogP contribution is 2.28. The maximum absolute atomic E-state index is 8.59. The quantitative estimate of drug-likeness (QED) is 0.744. The van der Waals surface area contributed by atoms with Crippen LogP contribution in [0.4, 0.5) is 11.4 Å². The predicted molar refractivity (Wildman–Crippen MR) is 61.6 cm³/mol. The van der Waals surface area contributed by atoms with E-state index in [1.807, 2.05) is 12.1 Å². The van der Waals surface area contributed by atoms with Gasteiger partial charge in [0.1, 0.15) is 0 Å². The molecule has 1 aliphatic rings. The first kappa shape index (κ1) is 9.85. The lowest BCUT2D eigenvalue weighted by Gasteiger charge is -2.30. The van der Waals surface area contributed by atoms with E-state index in [2.05, 4.69) is 17.0 Å². The van der Waals surface area contributed by atoms with E-state index in [-0.39, 0.29) is 0 Å². The zero-order valence-electron chi connectivity index (χ0n) is 8.74. The van der Waals surface area contributed by atoms with Crippen molar-refractivity contribution < 1.29 is 0 Å². The number of aryl methyl sites for hydroxylation is 1. The fourth-order valence-corrected chi connectivity index (χ4v) is 2.11. The number of nitrogens with two attached hydrogens (primary N) is 1. The first-order valence-electron chi connectivity index (χ1n) is 5.31. The molecule has 1 aromatic carbocycles. The lowest BCUT2D eigenvalue weighted by molar-refractivity contribution is 0.694. The second-order valence-electron chi connectivity index (χ2n) is 3.89. The molecule has 0 atom stereocenters. The Morgan fingerprint density at radius 3 is 3.13 bits per heavy atom. The van der Waals surface area contributed by atoms with E-state index >= 15 is 0 Å². The number of anilines is 2. The summed E-state index contributed by atoms with van der Waals surface area (Å²) in [6, 6.07) is 8.24. The molecule has 1 heterocycles. The summed E-state index contributed by atoms with van der Waals surface area (Å²) < 4.78 is 0. The van der Waals surface area contributed by atoms with Gasteiger partial charge in [-0.05, 0) is 36.6 Å². The predicted octanol–water partition coefficient (Wildman–Crippen LogP) is 1.94. The van der Waals surface area contributed by atoms with Gasteiger partial charge >= 0.3 is 0 Å². The zero-order valence-corrected chi connectivity index (χ0v) is 8.74. The van der Waals surface area contributed by atoms with Crippen molar-refractivity contribution in [1.29, 1.82) is 5.26 Å². The van der Waals surface area contributed by atoms with Crippen LogP contribution in [0.15, 0.2) is 18.2 Å². The Morgan fingerprint density at radius 2 is 2.33 bits per heavy atom. The van der Waals surface area contributed by atoms with Gasteiger partial charge in [-0.2, -0.15) is 5.26 Å². The number of fused-ring (bicyclic) bond motifs is 1. The van der Waals surface area contributed by atoms with E-state index < -0.39 is 0 Å². The molecule has 0 aromatic heterocycles. The van der Waals surface area contributed by atoms with E-state index in [0.29, 0.717) is 6.42 Å². The second kappa shape index (κ2) is 4.22. The van der Waals surface area contributed by atoms with Crippen molar-refractivity contribution in [2.45, 2.75) is 19.3 Å². The Kier molecular flexibility index (Phi) is 2.77. The van der Waals surface area contributed by atoms with Gasteiger partial charge in [0.2, 0.25) is 0 Å². The summed E-state index contributed by atoms with van der Waals surface area (Å²) in [4.78, 5) is 2.28. The van der Waals surface area contributed by atoms with Crippen molar-refractivity contribution in [3.63, 3.8) is 0 Å². The van der Waals surface area contributed by atoms with E-state index in [4.69, 9.17) is 11.0 Å². The highest BCUT2D eigenvalue weighted by molar-refractivity contribution is 5.61. The Balaban J connectivity index is 2.23. The number of nitrogens with zero attached hydrogens (tertiary/aromatic N) is 2. The molecule has 0 aliphatic carbocycles. The molecule has 1 aliphatic heterocycles. The van der Waals surface area contributed by atoms with Crippen LogP contribution < -0.4 is 10.6 Å². The van der Waals surface area contributed by atoms with Crippen LogP contribution in [0.5, 0.6) is 0 Å². The third-order valence-electron chi connectivity index (χ3n) is 2.81. The Morgan fingerprint density at radius 1 is 1.47 bits per heavy atom. The molecule has 2 N–H and O–H groups in total. The first-order valence-corrected chi connectivity index (χ1v) is 5.31. The SMILES string of the molecule is N#CCCN1CCCc2cc(N)ccc21. The summed E-state index contributed by atoms with van der Waals surface area (Å²) >= 11 is 0. The second-order valence-corrected chi connectivity index (χ2v) is 3.89. The van der Waals surface area contributed by atoms with Crippen molar-refractivity contribution >= 4 is 11.4 Å². The molecule has 0 bridgehead atoms. The van der Waals surface area contributed by atoms with E-state index in [9.17, 15) is 0 Å². The largest absolute Gasteiger partial charge is 0.399 e. The topological polar surface area (TPSA) is 53.0 Å². The van der Waals surface area contributed by atoms with Gasteiger partial charge in [0, 0.05) is 24.5 Å². The minimum atomic E-state index is 0.587. The number of rotatable bonds is 2. The van der Waals surface area contributed by atoms with Crippen LogP contribution in [-0.2, 0) is 6.42 Å². The maximum Gasteiger partial charge on any atom is 0.0640 e. The molecule has 3 heteroatoms. The molecular formula is C12H15N3. The van der Waals surface area contributed by atoms with Crippen LogP contribution in [0.1, 0.15) is 18.4 Å². The highest BCUT2D eigenvalue weighted by Gasteiger charge is 2.15. The first-order chi connectivity index (χ1) is 7.31. The van der Waals surface area contributed by atoms with Crippen molar-refractivity contribution in [3.8, 4) is 6.07 Å². The number of nitriles is 1. The van der Waals surface area contributed by atoms with E-state index in [1.54, 1.807) is 0 Å². The Bertz CT molecular complexity index is 392. The average molecular weight is 201 g/mol. The Labute approximate surface area is 90.1 Å². The molecule has 0 amide bonds. The van der Waals surface area contributed by atoms with Gasteiger partial charge in [0.25, 0.3) is 0 Å². The van der Waals surface area contributed by atoms with Gasteiger partial charge in [0.05, 0.1) is 12.5 Å². The molecule has 0 radical (unpaired) electrons. The van der Waals surface area contributed by atoms with Crippen molar-refractivity contribution in [2.75, 3.05) is 23.7 Å². The monoisotopic (exact) mass is 201 g/mol. The molecule has 0 fully saturated rings. The highest BCUT2D eigenvalue weighted by atomic mass is 15.1. The fraction of sp³-hybridized carbons (Fsp3) is 0.417. The standard InChI is InChI=1S/C12H15N3/c13-6-2-8-15-7-1-3-10-9-11(14)4-5-12(10)15/h4-5,9H,1-3,7-8,14H2. The van der Waals surface area contributed by atoms with Crippen LogP contribution in [0.25, 0.3) is 0 Å². The minimum absolute atomic E-state index is 0.587. The van der Waals surface area contributed by atoms with Crippen LogP contribution in [0.3, 0.4) is 0 Å². The van der Waals surface area contributed by atoms with Crippen molar-refractivity contribution in [3.05, 3.63) is 23.8 Å². The number of hydrogen-bond acceptors (Lipinski definition) is 3. The summed E-state index contributed by atoms with van der Waals surface area (Å²) in [7, 11) is 0. The average Bonchev–Trinajstić information content (AvgIpc) is 2.25. The third-order valence-corrected chi connectivity index (χ3v) is 2.81. The van der Waals surface area contributed by atoms with Crippen molar-refractivity contribution in [1.82, 2.24) is 0 Å². The molecule has 3 nitrogen and oxygen atoms in total. The molecular weight excluding hydrogens is 186 g/mol. The normalized spacial score (nSPS) is 14.5. The fourth-order valence-electron chi connectivity index (χ4n) is 2.11. The smallest absolute Gasteiger partial charge is 0.0640 e. The molecule has 15 heavy (non-hydrogen) atoms. The number of hydrogen-bond donors (Lipinski definition) is 1. The molecule has 0 saturated carbocycles. The van der Waals surface area contributed by atoms with Gasteiger partial charge in [-0.3, -0.25) is 0 Å². The Hall–Kier alpha value is -1.69. The lowest BCUT2D eigenvalue weighted by atomic mass is 10.0. The molecule has 0 spiro atoms. The summed E-state index contributed by atoms with van der Waals surface area (Å²) in [5.41, 5.74) is 9.16. The van der Waals surface area contributed by atoms with Gasteiger partial charge in [-0.15, -0.1) is 0 Å². The van der Waals surface area contributed by atoms with Gasteiger partial charge in [-0.25, -0.2) is 0 Å². The van der Waals surface area contributed by atoms with Gasteiger partial charge in [-0.1, -0.05) is 0 Å². The van der Waals surface area contributed by atoms with Crippen LogP contribution >= 0.6 is 0 Å². The maximum atomic E-state index is 8.59. The summed E-state index contributed by atoms with van der Waals surface area (Å²) in [5, 5.41) is 8.59. The molecule has 0 unspecified atom stereocenters. The molecule has 2 rings (SSSR count). The van der Waals surface area contributed by atoms with Crippen LogP contribution in [-0.4, -0.2) is 13.1 Å². The molecule has 78 valence electrons. The number of benzene rings is 1. The summed E-state index contributed by atoms with van der Waals surface area (Å²) in [5.74, 6) is 0. The third kappa shape index (κ3) is 2.04. The summed E-state index contributed by atoms with van der Waals surface area (Å²) in [6.07, 6.45) is 2.84. The minimum Gasteiger partial charge on any atom is -0.399 e. The van der Waals surface area contributed by atoms with Gasteiger partial charge < -0.3 is 10.6 Å². The molecule has 0 saturated heterocycles.